The van der Waals surface area contributed by atoms with E-state index in [2.05, 4.69) is 15.5 Å². The van der Waals surface area contributed by atoms with E-state index in [-0.39, 0.29) is 12.3 Å². The molecule has 1 N–H and O–H groups in total. The van der Waals surface area contributed by atoms with Crippen LogP contribution in [0.25, 0.3) is 0 Å². The maximum Gasteiger partial charge on any atom is 0.230 e. The molecule has 1 aromatic heterocycles. The van der Waals surface area contributed by atoms with Crippen molar-refractivity contribution in [2.45, 2.75) is 26.7 Å². The number of carbonyl (C=O) groups excluding carboxylic acids is 1. The smallest absolute Gasteiger partial charge is 0.230 e. The van der Waals surface area contributed by atoms with Crippen molar-refractivity contribution in [3.05, 3.63) is 34.3 Å². The molecule has 106 valence electrons. The van der Waals surface area contributed by atoms with E-state index < -0.39 is 0 Å². The van der Waals surface area contributed by atoms with Gasteiger partial charge in [-0.1, -0.05) is 36.0 Å². The fourth-order valence-electron chi connectivity index (χ4n) is 1.83. The molecule has 0 spiro atoms. The Morgan fingerprint density at radius 1 is 1.40 bits per heavy atom. The summed E-state index contributed by atoms with van der Waals surface area (Å²) < 4.78 is 5.27. The van der Waals surface area contributed by atoms with Gasteiger partial charge in [-0.3, -0.25) is 4.79 Å². The maximum atomic E-state index is 12.0. The number of amides is 1. The lowest BCUT2D eigenvalue weighted by molar-refractivity contribution is -0.115. The zero-order valence-electron chi connectivity index (χ0n) is 11.8. The van der Waals surface area contributed by atoms with Gasteiger partial charge in [0.25, 0.3) is 0 Å². The second-order valence-electron chi connectivity index (χ2n) is 4.39. The van der Waals surface area contributed by atoms with E-state index in [0.717, 1.165) is 28.3 Å². The van der Waals surface area contributed by atoms with Crippen LogP contribution in [-0.4, -0.2) is 23.2 Å². The monoisotopic (exact) mass is 291 g/mol. The summed E-state index contributed by atoms with van der Waals surface area (Å²) in [5.74, 6) is 0.602. The van der Waals surface area contributed by atoms with Crippen LogP contribution in [0, 0.1) is 6.92 Å². The molecule has 0 aliphatic carbocycles. The Morgan fingerprint density at radius 2 is 2.20 bits per heavy atom. The third-order valence-electron chi connectivity index (χ3n) is 2.80. The second-order valence-corrected chi connectivity index (χ2v) is 5.46. The van der Waals surface area contributed by atoms with Gasteiger partial charge in [-0.2, -0.15) is 0 Å². The summed E-state index contributed by atoms with van der Waals surface area (Å²) in [7, 11) is 1.60. The first-order chi connectivity index (χ1) is 9.62. The lowest BCUT2D eigenvalue weighted by atomic mass is 10.1. The molecule has 0 aliphatic heterocycles. The Labute approximate surface area is 122 Å². The first-order valence-corrected chi connectivity index (χ1v) is 7.19. The van der Waals surface area contributed by atoms with Crippen LogP contribution in [0.3, 0.4) is 0 Å². The van der Waals surface area contributed by atoms with Gasteiger partial charge in [0.05, 0.1) is 13.5 Å². The molecule has 0 bridgehead atoms. The molecule has 1 heterocycles. The molecule has 1 amide bonds. The van der Waals surface area contributed by atoms with Gasteiger partial charge < -0.3 is 10.1 Å². The zero-order valence-corrected chi connectivity index (χ0v) is 12.6. The predicted molar refractivity (Wildman–Crippen MR) is 79.4 cm³/mol. The minimum absolute atomic E-state index is 0.118. The second kappa shape index (κ2) is 6.47. The van der Waals surface area contributed by atoms with Crippen molar-refractivity contribution in [2.75, 3.05) is 12.4 Å². The van der Waals surface area contributed by atoms with E-state index in [4.69, 9.17) is 4.74 Å². The van der Waals surface area contributed by atoms with Crippen LogP contribution >= 0.6 is 11.3 Å². The summed E-state index contributed by atoms with van der Waals surface area (Å²) in [6, 6.07) is 5.78. The summed E-state index contributed by atoms with van der Waals surface area (Å²) in [6.45, 7) is 3.99. The molecular formula is C14H17N3O2S. The molecule has 0 atom stereocenters. The van der Waals surface area contributed by atoms with Gasteiger partial charge in [-0.25, -0.2) is 0 Å². The van der Waals surface area contributed by atoms with E-state index in [9.17, 15) is 4.79 Å². The van der Waals surface area contributed by atoms with E-state index >= 15 is 0 Å². The molecule has 0 unspecified atom stereocenters. The number of anilines is 1. The number of methoxy groups -OCH3 is 1. The Hall–Kier alpha value is -1.95. The average Bonchev–Trinajstić information content (AvgIpc) is 2.86. The Balaban J connectivity index is 2.06. The molecule has 0 fully saturated rings. The van der Waals surface area contributed by atoms with Crippen LogP contribution in [0.2, 0.25) is 0 Å². The Kier molecular flexibility index (Phi) is 4.68. The minimum atomic E-state index is -0.118. The molecule has 5 nitrogen and oxygen atoms in total. The quantitative estimate of drug-likeness (QED) is 0.919. The van der Waals surface area contributed by atoms with E-state index in [0.29, 0.717) is 5.13 Å². The normalized spacial score (nSPS) is 10.3. The first-order valence-electron chi connectivity index (χ1n) is 6.38. The number of ether oxygens (including phenoxy) is 1. The number of hydrogen-bond donors (Lipinski definition) is 1. The van der Waals surface area contributed by atoms with E-state index in [1.807, 2.05) is 32.0 Å². The topological polar surface area (TPSA) is 64.1 Å². The fourth-order valence-corrected chi connectivity index (χ4v) is 2.52. The highest BCUT2D eigenvalue weighted by Crippen LogP contribution is 2.21. The number of hydrogen-bond acceptors (Lipinski definition) is 5. The van der Waals surface area contributed by atoms with Gasteiger partial charge in [0, 0.05) is 5.56 Å². The highest BCUT2D eigenvalue weighted by atomic mass is 32.1. The third kappa shape index (κ3) is 3.54. The van der Waals surface area contributed by atoms with Crippen LogP contribution in [0.15, 0.2) is 18.2 Å². The van der Waals surface area contributed by atoms with Crippen molar-refractivity contribution in [1.82, 2.24) is 10.2 Å². The lowest BCUT2D eigenvalue weighted by Gasteiger charge is -2.08. The van der Waals surface area contributed by atoms with Gasteiger partial charge in [-0.15, -0.1) is 10.2 Å². The van der Waals surface area contributed by atoms with Gasteiger partial charge >= 0.3 is 0 Å². The van der Waals surface area contributed by atoms with E-state index in [1.54, 1.807) is 7.11 Å². The molecule has 0 saturated heterocycles. The molecule has 0 saturated carbocycles. The highest BCUT2D eigenvalue weighted by molar-refractivity contribution is 7.15. The summed E-state index contributed by atoms with van der Waals surface area (Å²) in [6.07, 6.45) is 1.07. The van der Waals surface area contributed by atoms with Crippen LogP contribution in [0.5, 0.6) is 5.75 Å². The van der Waals surface area contributed by atoms with Crippen molar-refractivity contribution in [3.8, 4) is 5.75 Å². The first kappa shape index (κ1) is 14.5. The summed E-state index contributed by atoms with van der Waals surface area (Å²) in [5, 5.41) is 12.1. The van der Waals surface area contributed by atoms with Gasteiger partial charge in [-0.05, 0) is 19.4 Å². The number of aromatic nitrogens is 2. The number of aryl methyl sites for hydroxylation is 2. The van der Waals surface area contributed by atoms with Crippen LogP contribution in [0.4, 0.5) is 5.13 Å². The van der Waals surface area contributed by atoms with Crippen LogP contribution < -0.4 is 10.1 Å². The molecule has 6 heteroatoms. The Bertz CT molecular complexity index is 610. The van der Waals surface area contributed by atoms with Crippen molar-refractivity contribution >= 4 is 22.4 Å². The summed E-state index contributed by atoms with van der Waals surface area (Å²) >= 11 is 1.40. The maximum absolute atomic E-state index is 12.0. The van der Waals surface area contributed by atoms with Crippen LogP contribution in [-0.2, 0) is 17.6 Å². The third-order valence-corrected chi connectivity index (χ3v) is 3.79. The molecular weight excluding hydrogens is 274 g/mol. The van der Waals surface area contributed by atoms with Gasteiger partial charge in [0.15, 0.2) is 0 Å². The van der Waals surface area contributed by atoms with Crippen molar-refractivity contribution in [2.24, 2.45) is 0 Å². The van der Waals surface area contributed by atoms with Gasteiger partial charge in [0.2, 0.25) is 11.0 Å². The molecule has 20 heavy (non-hydrogen) atoms. The fraction of sp³-hybridized carbons (Fsp3) is 0.357. The number of nitrogens with zero attached hydrogens (tertiary/aromatic N) is 2. The molecule has 0 radical (unpaired) electrons. The largest absolute Gasteiger partial charge is 0.496 e. The number of nitrogens with one attached hydrogen (secondary N) is 1. The number of benzene rings is 1. The minimum Gasteiger partial charge on any atom is -0.496 e. The summed E-state index contributed by atoms with van der Waals surface area (Å²) in [5.41, 5.74) is 1.96. The average molecular weight is 291 g/mol. The summed E-state index contributed by atoms with van der Waals surface area (Å²) in [4.78, 5) is 12.0. The predicted octanol–water partition coefficient (Wildman–Crippen LogP) is 2.60. The van der Waals surface area contributed by atoms with Crippen molar-refractivity contribution in [3.63, 3.8) is 0 Å². The Morgan fingerprint density at radius 3 is 2.85 bits per heavy atom. The molecule has 1 aromatic carbocycles. The lowest BCUT2D eigenvalue weighted by Crippen LogP contribution is -2.14. The zero-order chi connectivity index (χ0) is 14.5. The molecule has 2 aromatic rings. The highest BCUT2D eigenvalue weighted by Gasteiger charge is 2.11. The number of carbonyl (C=O) groups is 1. The standard InChI is InChI=1S/C14H17N3O2S/c1-4-13-16-17-14(20-13)15-12(18)8-10-7-9(2)5-6-11(10)19-3/h5-7H,4,8H2,1-3H3,(H,15,17,18). The SMILES string of the molecule is CCc1nnc(NC(=O)Cc2cc(C)ccc2OC)s1. The number of rotatable bonds is 5. The van der Waals surface area contributed by atoms with Crippen molar-refractivity contribution in [1.29, 1.82) is 0 Å². The van der Waals surface area contributed by atoms with Crippen molar-refractivity contribution < 1.29 is 9.53 Å². The molecule has 2 rings (SSSR count). The molecule has 0 aliphatic rings. The van der Waals surface area contributed by atoms with Crippen LogP contribution in [0.1, 0.15) is 23.1 Å². The van der Waals surface area contributed by atoms with E-state index in [1.165, 1.54) is 11.3 Å². The van der Waals surface area contributed by atoms with Gasteiger partial charge in [0.1, 0.15) is 10.8 Å².